The first-order valence-electron chi connectivity index (χ1n) is 8.65. The van der Waals surface area contributed by atoms with Gasteiger partial charge in [0.15, 0.2) is 4.77 Å². The van der Waals surface area contributed by atoms with Crippen molar-refractivity contribution in [2.24, 2.45) is 7.05 Å². The molecule has 1 N–H and O–H groups in total. The topological polar surface area (TPSA) is 66.8 Å². The van der Waals surface area contributed by atoms with E-state index >= 15 is 0 Å². The molecule has 1 aliphatic rings. The van der Waals surface area contributed by atoms with Gasteiger partial charge in [0.2, 0.25) is 0 Å². The summed E-state index contributed by atoms with van der Waals surface area (Å²) in [6, 6.07) is 6.46. The number of H-pyrrole nitrogens is 1. The second-order valence-electron chi connectivity index (χ2n) is 6.55. The van der Waals surface area contributed by atoms with Gasteiger partial charge in [-0.3, -0.25) is 9.89 Å². The van der Waals surface area contributed by atoms with E-state index < -0.39 is 0 Å². The van der Waals surface area contributed by atoms with Crippen LogP contribution in [0.5, 0.6) is 0 Å². The first-order chi connectivity index (χ1) is 13.0. The van der Waals surface area contributed by atoms with Gasteiger partial charge in [0.25, 0.3) is 5.91 Å². The van der Waals surface area contributed by atoms with Gasteiger partial charge in [-0.15, -0.1) is 11.3 Å². The Hall–Kier alpha value is -2.39. The summed E-state index contributed by atoms with van der Waals surface area (Å²) in [7, 11) is 1.88. The van der Waals surface area contributed by atoms with Gasteiger partial charge in [-0.25, -0.2) is 9.37 Å². The molecule has 1 unspecified atom stereocenters. The second-order valence-corrected chi connectivity index (χ2v) is 7.80. The number of hydrogen-bond acceptors (Lipinski definition) is 5. The summed E-state index contributed by atoms with van der Waals surface area (Å²) in [5.41, 5.74) is 0.772. The Labute approximate surface area is 164 Å². The summed E-state index contributed by atoms with van der Waals surface area (Å²) in [5, 5.41) is 9.33. The maximum atomic E-state index is 14.0. The number of rotatable bonds is 3. The molecule has 6 nitrogen and oxygen atoms in total. The molecule has 3 aromatic rings. The number of nitrogens with zero attached hydrogens (tertiary/aromatic N) is 4. The van der Waals surface area contributed by atoms with Gasteiger partial charge >= 0.3 is 0 Å². The Bertz CT molecular complexity index is 1040. The number of aromatic amines is 1. The van der Waals surface area contributed by atoms with Crippen LogP contribution in [0.4, 0.5) is 4.39 Å². The van der Waals surface area contributed by atoms with Gasteiger partial charge in [0.1, 0.15) is 22.3 Å². The Balaban J connectivity index is 1.54. The van der Waals surface area contributed by atoms with Crippen molar-refractivity contribution in [2.45, 2.75) is 18.8 Å². The van der Waals surface area contributed by atoms with Crippen LogP contribution in [-0.2, 0) is 7.05 Å². The molecule has 1 saturated heterocycles. The van der Waals surface area contributed by atoms with Gasteiger partial charge in [0.05, 0.1) is 0 Å². The predicted octanol–water partition coefficient (Wildman–Crippen LogP) is 3.76. The van der Waals surface area contributed by atoms with Crippen molar-refractivity contribution in [3.05, 3.63) is 51.8 Å². The highest BCUT2D eigenvalue weighted by Gasteiger charge is 2.29. The largest absolute Gasteiger partial charge is 0.337 e. The first-order valence-corrected chi connectivity index (χ1v) is 9.94. The number of benzene rings is 1. The van der Waals surface area contributed by atoms with E-state index in [2.05, 4.69) is 15.2 Å². The third-order valence-corrected chi connectivity index (χ3v) is 6.06. The predicted molar refractivity (Wildman–Crippen MR) is 104 cm³/mol. The van der Waals surface area contributed by atoms with E-state index in [0.717, 1.165) is 18.7 Å². The molecule has 0 spiro atoms. The molecule has 9 heteroatoms. The molecule has 0 bridgehead atoms. The molecule has 2 aromatic heterocycles. The fourth-order valence-electron chi connectivity index (χ4n) is 3.39. The Kier molecular flexibility index (Phi) is 4.88. The Morgan fingerprint density at radius 3 is 2.96 bits per heavy atom. The Morgan fingerprint density at radius 1 is 1.41 bits per heavy atom. The minimum Gasteiger partial charge on any atom is -0.337 e. The van der Waals surface area contributed by atoms with Crippen LogP contribution in [-0.4, -0.2) is 43.6 Å². The minimum absolute atomic E-state index is 0.129. The molecule has 0 radical (unpaired) electrons. The molecule has 0 aliphatic carbocycles. The first kappa shape index (κ1) is 18.0. The van der Waals surface area contributed by atoms with Gasteiger partial charge in [-0.2, -0.15) is 5.10 Å². The number of nitrogens with one attached hydrogen (secondary N) is 1. The van der Waals surface area contributed by atoms with Crippen LogP contribution in [0.1, 0.15) is 35.1 Å². The lowest BCUT2D eigenvalue weighted by molar-refractivity contribution is 0.0698. The quantitative estimate of drug-likeness (QED) is 0.676. The number of halogens is 1. The van der Waals surface area contributed by atoms with Crippen LogP contribution in [0, 0.1) is 10.6 Å². The van der Waals surface area contributed by atoms with E-state index in [0.29, 0.717) is 34.1 Å². The zero-order valence-electron chi connectivity index (χ0n) is 14.7. The lowest BCUT2D eigenvalue weighted by atomic mass is 9.97. The summed E-state index contributed by atoms with van der Waals surface area (Å²) in [4.78, 5) is 19.1. The molecule has 1 aliphatic heterocycles. The third kappa shape index (κ3) is 3.44. The standard InChI is InChI=1S/C18H18FN5OS2/c1-23-15(21-22-18(23)26)11-5-4-8-24(9-11)17(25)14-10-27-16(20-14)12-6-2-3-7-13(12)19/h2-3,6-7,10-11H,4-5,8-9H2,1H3,(H,22,26). The van der Waals surface area contributed by atoms with Crippen LogP contribution < -0.4 is 0 Å². The molecule has 1 fully saturated rings. The summed E-state index contributed by atoms with van der Waals surface area (Å²) in [5.74, 6) is 0.526. The van der Waals surface area contributed by atoms with Crippen molar-refractivity contribution in [3.63, 3.8) is 0 Å². The maximum absolute atomic E-state index is 14.0. The van der Waals surface area contributed by atoms with Gasteiger partial charge in [-0.05, 0) is 37.2 Å². The number of amides is 1. The molecule has 140 valence electrons. The average Bonchev–Trinajstić information content (AvgIpc) is 3.29. The minimum atomic E-state index is -0.338. The fourth-order valence-corrected chi connectivity index (χ4v) is 4.35. The normalized spacial score (nSPS) is 17.3. The van der Waals surface area contributed by atoms with E-state index in [1.54, 1.807) is 28.5 Å². The van der Waals surface area contributed by atoms with E-state index in [4.69, 9.17) is 12.2 Å². The zero-order valence-corrected chi connectivity index (χ0v) is 16.3. The molecule has 27 heavy (non-hydrogen) atoms. The lowest BCUT2D eigenvalue weighted by Crippen LogP contribution is -2.39. The van der Waals surface area contributed by atoms with Crippen LogP contribution in [0.15, 0.2) is 29.6 Å². The third-order valence-electron chi connectivity index (χ3n) is 4.82. The molecule has 4 rings (SSSR count). The molecule has 0 saturated carbocycles. The van der Waals surface area contributed by atoms with E-state index in [-0.39, 0.29) is 17.6 Å². The number of thiazole rings is 1. The molecule has 1 aromatic carbocycles. The van der Waals surface area contributed by atoms with Crippen LogP contribution in [0.2, 0.25) is 0 Å². The highest BCUT2D eigenvalue weighted by Crippen LogP contribution is 2.29. The highest BCUT2D eigenvalue weighted by molar-refractivity contribution is 7.71. The number of carbonyl (C=O) groups is 1. The SMILES string of the molecule is Cn1c(C2CCCN(C(=O)c3csc(-c4ccccc4F)n3)C2)n[nH]c1=S. The van der Waals surface area contributed by atoms with E-state index in [1.165, 1.54) is 17.4 Å². The monoisotopic (exact) mass is 403 g/mol. The van der Waals surface area contributed by atoms with E-state index in [9.17, 15) is 9.18 Å². The number of likely N-dealkylation sites (tertiary alicyclic amines) is 1. The van der Waals surface area contributed by atoms with Crippen molar-refractivity contribution in [1.29, 1.82) is 0 Å². The van der Waals surface area contributed by atoms with Gasteiger partial charge in [-0.1, -0.05) is 12.1 Å². The zero-order chi connectivity index (χ0) is 19.0. The van der Waals surface area contributed by atoms with Crippen LogP contribution >= 0.6 is 23.6 Å². The number of aromatic nitrogens is 4. The van der Waals surface area contributed by atoms with E-state index in [1.807, 2.05) is 11.6 Å². The molecular formula is C18H18FN5OS2. The fraction of sp³-hybridized carbons (Fsp3) is 0.333. The van der Waals surface area contributed by atoms with Crippen LogP contribution in [0.25, 0.3) is 10.6 Å². The molecule has 1 atom stereocenters. The number of hydrogen-bond donors (Lipinski definition) is 1. The van der Waals surface area contributed by atoms with Crippen molar-refractivity contribution >= 4 is 29.5 Å². The summed E-state index contributed by atoms with van der Waals surface area (Å²) in [6.07, 6.45) is 1.84. The van der Waals surface area contributed by atoms with Gasteiger partial charge in [0, 0.05) is 37.0 Å². The molecular weight excluding hydrogens is 385 g/mol. The van der Waals surface area contributed by atoms with Crippen molar-refractivity contribution in [1.82, 2.24) is 24.6 Å². The van der Waals surface area contributed by atoms with Crippen molar-refractivity contribution < 1.29 is 9.18 Å². The van der Waals surface area contributed by atoms with Crippen molar-refractivity contribution in [2.75, 3.05) is 13.1 Å². The number of piperidine rings is 1. The Morgan fingerprint density at radius 2 is 2.22 bits per heavy atom. The number of carbonyl (C=O) groups excluding carboxylic acids is 1. The van der Waals surface area contributed by atoms with Gasteiger partial charge < -0.3 is 9.47 Å². The highest BCUT2D eigenvalue weighted by atomic mass is 32.1. The average molecular weight is 404 g/mol. The maximum Gasteiger partial charge on any atom is 0.273 e. The van der Waals surface area contributed by atoms with Crippen molar-refractivity contribution in [3.8, 4) is 10.6 Å². The lowest BCUT2D eigenvalue weighted by Gasteiger charge is -2.31. The smallest absolute Gasteiger partial charge is 0.273 e. The van der Waals surface area contributed by atoms with Crippen LogP contribution in [0.3, 0.4) is 0 Å². The summed E-state index contributed by atoms with van der Waals surface area (Å²) in [6.45, 7) is 1.25. The summed E-state index contributed by atoms with van der Waals surface area (Å²) >= 11 is 6.46. The summed E-state index contributed by atoms with van der Waals surface area (Å²) < 4.78 is 16.4. The molecule has 1 amide bonds. The second kappa shape index (κ2) is 7.32. The molecule has 3 heterocycles.